The van der Waals surface area contributed by atoms with Crippen molar-refractivity contribution in [1.82, 2.24) is 9.97 Å². The summed E-state index contributed by atoms with van der Waals surface area (Å²) in [4.78, 5) is 28.4. The molecular weight excluding hydrogens is 204 g/mol. The molecule has 0 amide bonds. The van der Waals surface area contributed by atoms with E-state index in [2.05, 4.69) is 14.7 Å². The van der Waals surface area contributed by atoms with Gasteiger partial charge < -0.3 is 9.72 Å². The fourth-order valence-corrected chi connectivity index (χ4v) is 1.66. The SMILES string of the molecule is COC(=O)c1c(SC)nc(=O)[nH]c1C. The number of aromatic amines is 1. The number of thioether (sulfide) groups is 1. The lowest BCUT2D eigenvalue weighted by Crippen LogP contribution is -2.18. The van der Waals surface area contributed by atoms with Gasteiger partial charge in [0.1, 0.15) is 10.6 Å². The highest BCUT2D eigenvalue weighted by molar-refractivity contribution is 7.98. The molecule has 1 aromatic heterocycles. The van der Waals surface area contributed by atoms with Gasteiger partial charge >= 0.3 is 11.7 Å². The van der Waals surface area contributed by atoms with Crippen LogP contribution in [-0.4, -0.2) is 29.3 Å². The third-order valence-corrected chi connectivity index (χ3v) is 2.35. The standard InChI is InChI=1S/C8H10N2O3S/c1-4-5(7(11)13-2)6(14-3)10-8(12)9-4/h1-3H3,(H,9,10,12). The molecule has 0 saturated heterocycles. The Morgan fingerprint density at radius 3 is 2.71 bits per heavy atom. The number of hydrogen-bond acceptors (Lipinski definition) is 5. The Morgan fingerprint density at radius 2 is 2.21 bits per heavy atom. The fraction of sp³-hybridized carbons (Fsp3) is 0.375. The predicted molar refractivity (Wildman–Crippen MR) is 52.7 cm³/mol. The van der Waals surface area contributed by atoms with Crippen LogP contribution in [0.5, 0.6) is 0 Å². The molecule has 0 fully saturated rings. The molecule has 0 bridgehead atoms. The molecular formula is C8H10N2O3S. The van der Waals surface area contributed by atoms with Crippen molar-refractivity contribution in [2.24, 2.45) is 0 Å². The summed E-state index contributed by atoms with van der Waals surface area (Å²) in [5.41, 5.74) is 0.334. The van der Waals surface area contributed by atoms with Gasteiger partial charge in [0.2, 0.25) is 0 Å². The molecule has 5 nitrogen and oxygen atoms in total. The predicted octanol–water partition coefficient (Wildman–Crippen LogP) is 0.587. The molecule has 1 rings (SSSR count). The first kappa shape index (κ1) is 10.8. The molecule has 0 atom stereocenters. The van der Waals surface area contributed by atoms with E-state index < -0.39 is 11.7 Å². The van der Waals surface area contributed by atoms with Gasteiger partial charge in [-0.1, -0.05) is 0 Å². The van der Waals surface area contributed by atoms with Crippen molar-refractivity contribution in [3.05, 3.63) is 21.7 Å². The number of carbonyl (C=O) groups excluding carboxylic acids is 1. The molecule has 1 aromatic rings. The molecule has 1 N–H and O–H groups in total. The van der Waals surface area contributed by atoms with E-state index in [1.807, 2.05) is 0 Å². The van der Waals surface area contributed by atoms with Crippen LogP contribution in [0.4, 0.5) is 0 Å². The fourth-order valence-electron chi connectivity index (χ4n) is 1.05. The Bertz CT molecular complexity index is 414. The van der Waals surface area contributed by atoms with Crippen LogP contribution in [-0.2, 0) is 4.74 Å². The van der Waals surface area contributed by atoms with Crippen molar-refractivity contribution < 1.29 is 9.53 Å². The molecule has 0 aromatic carbocycles. The number of ether oxygens (including phenoxy) is 1. The van der Waals surface area contributed by atoms with E-state index in [0.717, 1.165) is 0 Å². The number of aryl methyl sites for hydroxylation is 1. The van der Waals surface area contributed by atoms with Crippen LogP contribution in [0.2, 0.25) is 0 Å². The first-order valence-electron chi connectivity index (χ1n) is 3.83. The second kappa shape index (κ2) is 4.28. The molecule has 76 valence electrons. The Morgan fingerprint density at radius 1 is 1.57 bits per heavy atom. The number of hydrogen-bond donors (Lipinski definition) is 1. The van der Waals surface area contributed by atoms with Crippen molar-refractivity contribution in [2.45, 2.75) is 11.9 Å². The van der Waals surface area contributed by atoms with Crippen LogP contribution >= 0.6 is 11.8 Å². The molecule has 14 heavy (non-hydrogen) atoms. The van der Waals surface area contributed by atoms with E-state index in [1.165, 1.54) is 18.9 Å². The summed E-state index contributed by atoms with van der Waals surface area (Å²) in [7, 11) is 1.29. The van der Waals surface area contributed by atoms with Crippen LogP contribution in [0.25, 0.3) is 0 Å². The van der Waals surface area contributed by atoms with E-state index >= 15 is 0 Å². The monoisotopic (exact) mass is 214 g/mol. The van der Waals surface area contributed by atoms with Crippen LogP contribution in [0.15, 0.2) is 9.82 Å². The number of esters is 1. The number of H-pyrrole nitrogens is 1. The van der Waals surface area contributed by atoms with Crippen molar-refractivity contribution in [1.29, 1.82) is 0 Å². The lowest BCUT2D eigenvalue weighted by Gasteiger charge is -2.06. The highest BCUT2D eigenvalue weighted by atomic mass is 32.2. The summed E-state index contributed by atoms with van der Waals surface area (Å²) in [6, 6.07) is 0. The van der Waals surface area contributed by atoms with Crippen LogP contribution in [0.1, 0.15) is 16.1 Å². The van der Waals surface area contributed by atoms with Gasteiger partial charge in [0, 0.05) is 5.69 Å². The minimum Gasteiger partial charge on any atom is -0.465 e. The average molecular weight is 214 g/mol. The molecule has 0 aliphatic carbocycles. The molecule has 0 spiro atoms. The Balaban J connectivity index is 3.39. The van der Waals surface area contributed by atoms with Gasteiger partial charge in [0.15, 0.2) is 0 Å². The van der Waals surface area contributed by atoms with E-state index in [1.54, 1.807) is 13.2 Å². The average Bonchev–Trinajstić information content (AvgIpc) is 2.15. The molecule has 0 aliphatic heterocycles. The van der Waals surface area contributed by atoms with Crippen LogP contribution in [0, 0.1) is 6.92 Å². The lowest BCUT2D eigenvalue weighted by molar-refractivity contribution is 0.0594. The van der Waals surface area contributed by atoms with Crippen molar-refractivity contribution in [3.63, 3.8) is 0 Å². The zero-order chi connectivity index (χ0) is 10.7. The number of nitrogens with one attached hydrogen (secondary N) is 1. The second-order valence-electron chi connectivity index (χ2n) is 2.54. The number of aromatic nitrogens is 2. The van der Waals surface area contributed by atoms with Gasteiger partial charge in [0.25, 0.3) is 0 Å². The number of carbonyl (C=O) groups is 1. The molecule has 0 unspecified atom stereocenters. The third kappa shape index (κ3) is 1.95. The number of nitrogens with zero attached hydrogens (tertiary/aromatic N) is 1. The summed E-state index contributed by atoms with van der Waals surface area (Å²) in [5, 5.41) is 0.387. The summed E-state index contributed by atoms with van der Waals surface area (Å²) in [6.45, 7) is 1.63. The molecule has 1 heterocycles. The van der Waals surface area contributed by atoms with E-state index in [-0.39, 0.29) is 0 Å². The first-order chi connectivity index (χ1) is 6.60. The summed E-state index contributed by atoms with van der Waals surface area (Å²) < 4.78 is 4.59. The highest BCUT2D eigenvalue weighted by Gasteiger charge is 2.16. The summed E-state index contributed by atoms with van der Waals surface area (Å²) in [5.74, 6) is -0.490. The van der Waals surface area contributed by atoms with E-state index in [0.29, 0.717) is 16.3 Å². The van der Waals surface area contributed by atoms with Gasteiger partial charge in [-0.25, -0.2) is 9.59 Å². The largest absolute Gasteiger partial charge is 0.465 e. The van der Waals surface area contributed by atoms with Crippen molar-refractivity contribution in [2.75, 3.05) is 13.4 Å². The zero-order valence-corrected chi connectivity index (χ0v) is 8.90. The number of methoxy groups -OCH3 is 1. The maximum absolute atomic E-state index is 11.3. The Hall–Kier alpha value is -1.30. The summed E-state index contributed by atoms with van der Waals surface area (Å²) >= 11 is 1.24. The molecule has 0 aliphatic rings. The van der Waals surface area contributed by atoms with Gasteiger partial charge in [-0.05, 0) is 13.2 Å². The molecule has 0 saturated carbocycles. The van der Waals surface area contributed by atoms with Crippen molar-refractivity contribution in [3.8, 4) is 0 Å². The first-order valence-corrected chi connectivity index (χ1v) is 5.05. The second-order valence-corrected chi connectivity index (χ2v) is 3.34. The van der Waals surface area contributed by atoms with Gasteiger partial charge in [-0.2, -0.15) is 4.98 Å². The van der Waals surface area contributed by atoms with E-state index in [9.17, 15) is 9.59 Å². The topological polar surface area (TPSA) is 72.0 Å². The maximum Gasteiger partial charge on any atom is 0.346 e. The van der Waals surface area contributed by atoms with Gasteiger partial charge in [0.05, 0.1) is 7.11 Å². The smallest absolute Gasteiger partial charge is 0.346 e. The zero-order valence-electron chi connectivity index (χ0n) is 8.08. The lowest BCUT2D eigenvalue weighted by atomic mass is 10.2. The van der Waals surface area contributed by atoms with Crippen LogP contribution in [0.3, 0.4) is 0 Å². The van der Waals surface area contributed by atoms with Crippen molar-refractivity contribution >= 4 is 17.7 Å². The van der Waals surface area contributed by atoms with Gasteiger partial charge in [-0.3, -0.25) is 0 Å². The Kier molecular flexibility index (Phi) is 3.29. The molecule has 6 heteroatoms. The molecule has 0 radical (unpaired) electrons. The van der Waals surface area contributed by atoms with Crippen LogP contribution < -0.4 is 5.69 Å². The Labute approximate surface area is 84.9 Å². The minimum atomic E-state index is -0.490. The minimum absolute atomic E-state index is 0.319. The van der Waals surface area contributed by atoms with Gasteiger partial charge in [-0.15, -0.1) is 11.8 Å². The quantitative estimate of drug-likeness (QED) is 0.443. The van der Waals surface area contributed by atoms with E-state index in [4.69, 9.17) is 0 Å². The third-order valence-electron chi connectivity index (χ3n) is 1.67. The normalized spacial score (nSPS) is 9.93. The maximum atomic E-state index is 11.3. The summed E-state index contributed by atoms with van der Waals surface area (Å²) in [6.07, 6.45) is 1.74. The number of rotatable bonds is 2. The highest BCUT2D eigenvalue weighted by Crippen LogP contribution is 2.18.